The van der Waals surface area contributed by atoms with Gasteiger partial charge in [-0.3, -0.25) is 9.69 Å². The first-order chi connectivity index (χ1) is 8.74. The summed E-state index contributed by atoms with van der Waals surface area (Å²) < 4.78 is 4.99. The highest BCUT2D eigenvalue weighted by molar-refractivity contribution is 5.69. The van der Waals surface area contributed by atoms with Crippen LogP contribution in [0.2, 0.25) is 0 Å². The molecule has 0 aromatic rings. The highest BCUT2D eigenvalue weighted by Gasteiger charge is 2.39. The summed E-state index contributed by atoms with van der Waals surface area (Å²) in [4.78, 5) is 13.9. The smallest absolute Gasteiger partial charge is 0.307 e. The molecule has 2 N–H and O–H groups in total. The third-order valence-electron chi connectivity index (χ3n) is 4.54. The number of carbonyl (C=O) groups is 1. The van der Waals surface area contributed by atoms with E-state index in [4.69, 9.17) is 10.5 Å². The molecule has 1 saturated heterocycles. The van der Waals surface area contributed by atoms with E-state index in [0.717, 1.165) is 31.5 Å². The van der Waals surface area contributed by atoms with Crippen molar-refractivity contribution in [3.8, 4) is 0 Å². The van der Waals surface area contributed by atoms with Gasteiger partial charge in [-0.25, -0.2) is 0 Å². The van der Waals surface area contributed by atoms with E-state index in [1.807, 2.05) is 6.92 Å². The maximum atomic E-state index is 11.4. The Balaban J connectivity index is 1.77. The minimum absolute atomic E-state index is 0.0579. The van der Waals surface area contributed by atoms with Crippen LogP contribution in [-0.2, 0) is 9.53 Å². The first-order valence-corrected chi connectivity index (χ1v) is 7.34. The summed E-state index contributed by atoms with van der Waals surface area (Å²) in [6, 6.07) is 0.707. The molecule has 0 amide bonds. The highest BCUT2D eigenvalue weighted by atomic mass is 16.5. The molecule has 3 atom stereocenters. The zero-order chi connectivity index (χ0) is 13.0. The SMILES string of the molecule is CCOC(=O)CCN1CC2CC1CCC2CCN. The van der Waals surface area contributed by atoms with Gasteiger partial charge in [-0.05, 0) is 51.0 Å². The standard InChI is InChI=1S/C14H26N2O2/c1-2-18-14(17)6-8-16-10-12-9-13(16)4-3-11(12)5-7-15/h11-13H,2-10,15H2,1H3. The predicted molar refractivity (Wildman–Crippen MR) is 71.1 cm³/mol. The molecule has 2 fully saturated rings. The molecule has 18 heavy (non-hydrogen) atoms. The average Bonchev–Trinajstić information content (AvgIpc) is 2.69. The zero-order valence-corrected chi connectivity index (χ0v) is 11.4. The van der Waals surface area contributed by atoms with Gasteiger partial charge in [0.1, 0.15) is 0 Å². The van der Waals surface area contributed by atoms with Crippen molar-refractivity contribution in [2.24, 2.45) is 17.6 Å². The number of hydrogen-bond acceptors (Lipinski definition) is 4. The first kappa shape index (κ1) is 13.8. The summed E-state index contributed by atoms with van der Waals surface area (Å²) in [6.07, 6.45) is 5.63. The van der Waals surface area contributed by atoms with Gasteiger partial charge in [-0.1, -0.05) is 0 Å². The van der Waals surface area contributed by atoms with Crippen molar-refractivity contribution in [1.82, 2.24) is 4.90 Å². The van der Waals surface area contributed by atoms with Gasteiger partial charge in [0.15, 0.2) is 0 Å². The van der Waals surface area contributed by atoms with Crippen LogP contribution in [0.25, 0.3) is 0 Å². The molecule has 4 nitrogen and oxygen atoms in total. The molecule has 1 heterocycles. The summed E-state index contributed by atoms with van der Waals surface area (Å²) >= 11 is 0. The number of nitrogens with zero attached hydrogens (tertiary/aromatic N) is 1. The molecule has 4 heteroatoms. The van der Waals surface area contributed by atoms with E-state index in [1.165, 1.54) is 25.7 Å². The minimum atomic E-state index is -0.0579. The molecule has 1 aliphatic carbocycles. The molecule has 0 radical (unpaired) electrons. The van der Waals surface area contributed by atoms with Crippen molar-refractivity contribution in [2.45, 2.75) is 45.1 Å². The van der Waals surface area contributed by atoms with Gasteiger partial charge in [0, 0.05) is 19.1 Å². The lowest BCUT2D eigenvalue weighted by Crippen LogP contribution is -2.31. The van der Waals surface area contributed by atoms with E-state index < -0.39 is 0 Å². The van der Waals surface area contributed by atoms with E-state index in [2.05, 4.69) is 4.90 Å². The fourth-order valence-electron chi connectivity index (χ4n) is 3.64. The van der Waals surface area contributed by atoms with E-state index in [-0.39, 0.29) is 5.97 Å². The maximum absolute atomic E-state index is 11.4. The third kappa shape index (κ3) is 3.23. The fourth-order valence-corrected chi connectivity index (χ4v) is 3.64. The van der Waals surface area contributed by atoms with Gasteiger partial charge in [-0.15, -0.1) is 0 Å². The average molecular weight is 254 g/mol. The fraction of sp³-hybridized carbons (Fsp3) is 0.929. The summed E-state index contributed by atoms with van der Waals surface area (Å²) in [5, 5.41) is 0. The Morgan fingerprint density at radius 1 is 1.44 bits per heavy atom. The third-order valence-corrected chi connectivity index (χ3v) is 4.54. The highest BCUT2D eigenvalue weighted by Crippen LogP contribution is 2.40. The van der Waals surface area contributed by atoms with Gasteiger partial charge in [0.25, 0.3) is 0 Å². The number of fused-ring (bicyclic) bond motifs is 2. The second-order valence-electron chi connectivity index (χ2n) is 5.61. The molecular formula is C14H26N2O2. The lowest BCUT2D eigenvalue weighted by atomic mass is 9.78. The maximum Gasteiger partial charge on any atom is 0.307 e. The molecule has 1 aliphatic heterocycles. The van der Waals surface area contributed by atoms with Gasteiger partial charge < -0.3 is 10.5 Å². The van der Waals surface area contributed by atoms with Crippen LogP contribution in [-0.4, -0.2) is 43.2 Å². The second kappa shape index (κ2) is 6.53. The predicted octanol–water partition coefficient (Wildman–Crippen LogP) is 1.39. The zero-order valence-electron chi connectivity index (χ0n) is 11.4. The van der Waals surface area contributed by atoms with Crippen LogP contribution in [0, 0.1) is 11.8 Å². The summed E-state index contributed by atoms with van der Waals surface area (Å²) in [5.41, 5.74) is 5.68. The van der Waals surface area contributed by atoms with Crippen molar-refractivity contribution in [3.05, 3.63) is 0 Å². The molecule has 1 saturated carbocycles. The Kier molecular flexibility index (Phi) is 5.01. The Bertz CT molecular complexity index is 283. The molecule has 0 aromatic carbocycles. The van der Waals surface area contributed by atoms with E-state index in [9.17, 15) is 4.79 Å². The minimum Gasteiger partial charge on any atom is -0.466 e. The first-order valence-electron chi connectivity index (χ1n) is 7.34. The molecule has 2 rings (SSSR count). The van der Waals surface area contributed by atoms with Crippen LogP contribution in [0.3, 0.4) is 0 Å². The molecule has 2 bridgehead atoms. The Morgan fingerprint density at radius 3 is 3.00 bits per heavy atom. The number of likely N-dealkylation sites (tertiary alicyclic amines) is 1. The quantitative estimate of drug-likeness (QED) is 0.728. The molecule has 3 unspecified atom stereocenters. The molecule has 0 aromatic heterocycles. The van der Waals surface area contributed by atoms with E-state index in [1.54, 1.807) is 0 Å². The van der Waals surface area contributed by atoms with Crippen LogP contribution in [0.1, 0.15) is 39.0 Å². The Hall–Kier alpha value is -0.610. The number of rotatable bonds is 6. The van der Waals surface area contributed by atoms with Gasteiger partial charge in [0.05, 0.1) is 13.0 Å². The van der Waals surface area contributed by atoms with E-state index >= 15 is 0 Å². The summed E-state index contributed by atoms with van der Waals surface area (Å²) in [5.74, 6) is 1.57. The molecular weight excluding hydrogens is 228 g/mol. The monoisotopic (exact) mass is 254 g/mol. The lowest BCUT2D eigenvalue weighted by molar-refractivity contribution is -0.143. The molecule has 2 aliphatic rings. The number of hydrogen-bond donors (Lipinski definition) is 1. The largest absolute Gasteiger partial charge is 0.466 e. The summed E-state index contributed by atoms with van der Waals surface area (Å²) in [6.45, 7) is 5.19. The number of esters is 1. The van der Waals surface area contributed by atoms with Crippen LogP contribution >= 0.6 is 0 Å². The molecule has 104 valence electrons. The van der Waals surface area contributed by atoms with Crippen molar-refractivity contribution in [3.63, 3.8) is 0 Å². The van der Waals surface area contributed by atoms with Crippen molar-refractivity contribution in [1.29, 1.82) is 0 Å². The topological polar surface area (TPSA) is 55.6 Å². The van der Waals surface area contributed by atoms with Crippen molar-refractivity contribution in [2.75, 3.05) is 26.2 Å². The number of carbonyl (C=O) groups excluding carboxylic acids is 1. The summed E-state index contributed by atoms with van der Waals surface area (Å²) in [7, 11) is 0. The van der Waals surface area contributed by atoms with Crippen molar-refractivity contribution < 1.29 is 9.53 Å². The van der Waals surface area contributed by atoms with Crippen molar-refractivity contribution >= 4 is 5.97 Å². The second-order valence-corrected chi connectivity index (χ2v) is 5.61. The van der Waals surface area contributed by atoms with E-state index in [0.29, 0.717) is 19.1 Å². The number of ether oxygens (including phenoxy) is 1. The Morgan fingerprint density at radius 2 is 2.28 bits per heavy atom. The van der Waals surface area contributed by atoms with Gasteiger partial charge >= 0.3 is 5.97 Å². The van der Waals surface area contributed by atoms with Crippen LogP contribution < -0.4 is 5.73 Å². The van der Waals surface area contributed by atoms with Crippen LogP contribution in [0.15, 0.2) is 0 Å². The lowest BCUT2D eigenvalue weighted by Gasteiger charge is -2.28. The van der Waals surface area contributed by atoms with Crippen LogP contribution in [0.5, 0.6) is 0 Å². The molecule has 0 spiro atoms. The number of nitrogens with two attached hydrogens (primary N) is 1. The van der Waals surface area contributed by atoms with Gasteiger partial charge in [-0.2, -0.15) is 0 Å². The van der Waals surface area contributed by atoms with Gasteiger partial charge in [0.2, 0.25) is 0 Å². The Labute approximate surface area is 110 Å². The van der Waals surface area contributed by atoms with Crippen LogP contribution in [0.4, 0.5) is 0 Å². The normalized spacial score (nSPS) is 31.6.